The van der Waals surface area contributed by atoms with Crippen molar-refractivity contribution in [3.63, 3.8) is 0 Å². The van der Waals surface area contributed by atoms with Crippen LogP contribution in [0, 0.1) is 17.7 Å². The smallest absolute Gasteiger partial charge is 0.337 e. The van der Waals surface area contributed by atoms with Crippen LogP contribution in [-0.4, -0.2) is 16.1 Å². The molecule has 0 aliphatic carbocycles. The molecule has 94 valence electrons. The normalized spacial score (nSPS) is 9.53. The molecule has 0 unspecified atom stereocenters. The van der Waals surface area contributed by atoms with E-state index in [1.54, 1.807) is 0 Å². The van der Waals surface area contributed by atoms with Crippen LogP contribution in [0.1, 0.15) is 21.5 Å². The highest BCUT2D eigenvalue weighted by Crippen LogP contribution is 2.10. The van der Waals surface area contributed by atoms with Gasteiger partial charge in [0.1, 0.15) is 11.6 Å². The van der Waals surface area contributed by atoms with Crippen molar-refractivity contribution < 1.29 is 14.3 Å². The molecule has 1 heterocycles. The molecule has 0 radical (unpaired) electrons. The van der Waals surface area contributed by atoms with Crippen molar-refractivity contribution in [1.82, 2.24) is 4.98 Å². The molecule has 2 rings (SSSR count). The number of rotatable bonds is 1. The first kappa shape index (κ1) is 12.6. The fourth-order valence-corrected chi connectivity index (χ4v) is 1.37. The number of pyridine rings is 1. The molecule has 2 aromatic rings. The molecule has 1 aromatic carbocycles. The first-order valence-corrected chi connectivity index (χ1v) is 5.32. The van der Waals surface area contributed by atoms with E-state index in [9.17, 15) is 9.18 Å². The Bertz CT molecular complexity index is 685. The van der Waals surface area contributed by atoms with E-state index in [2.05, 4.69) is 16.8 Å². The van der Waals surface area contributed by atoms with Crippen molar-refractivity contribution in [2.75, 3.05) is 5.73 Å². The molecule has 1 aromatic heterocycles. The Morgan fingerprint density at radius 2 is 1.95 bits per heavy atom. The van der Waals surface area contributed by atoms with E-state index in [1.807, 2.05) is 0 Å². The number of nitrogen functional groups attached to an aromatic ring is 1. The van der Waals surface area contributed by atoms with Gasteiger partial charge in [0.05, 0.1) is 11.1 Å². The average Bonchev–Trinajstić information content (AvgIpc) is 2.39. The summed E-state index contributed by atoms with van der Waals surface area (Å²) >= 11 is 0. The van der Waals surface area contributed by atoms with Gasteiger partial charge >= 0.3 is 5.97 Å². The lowest BCUT2D eigenvalue weighted by Gasteiger charge is -1.98. The van der Waals surface area contributed by atoms with Crippen molar-refractivity contribution in [2.45, 2.75) is 0 Å². The zero-order chi connectivity index (χ0) is 13.8. The fourth-order valence-electron chi connectivity index (χ4n) is 1.37. The number of carboxylic acids is 1. The fraction of sp³-hybridized carbons (Fsp3) is 0. The van der Waals surface area contributed by atoms with Crippen LogP contribution in [0.3, 0.4) is 0 Å². The minimum atomic E-state index is -1.10. The minimum absolute atomic E-state index is 0.0117. The second kappa shape index (κ2) is 5.19. The lowest BCUT2D eigenvalue weighted by atomic mass is 10.1. The van der Waals surface area contributed by atoms with Crippen molar-refractivity contribution in [3.8, 4) is 11.8 Å². The SMILES string of the molecule is Nc1ncc(C(=O)O)cc1C#Cc1ccc(F)cc1. The third-order valence-corrected chi connectivity index (χ3v) is 2.35. The van der Waals surface area contributed by atoms with Crippen molar-refractivity contribution in [3.05, 3.63) is 59.0 Å². The first-order chi connectivity index (χ1) is 9.06. The summed E-state index contributed by atoms with van der Waals surface area (Å²) in [5.41, 5.74) is 6.54. The van der Waals surface area contributed by atoms with Gasteiger partial charge in [0.2, 0.25) is 0 Å². The Kier molecular flexibility index (Phi) is 3.44. The number of nitrogens with two attached hydrogens (primary N) is 1. The number of hydrogen-bond acceptors (Lipinski definition) is 3. The van der Waals surface area contributed by atoms with Crippen LogP contribution in [0.5, 0.6) is 0 Å². The number of halogens is 1. The van der Waals surface area contributed by atoms with E-state index >= 15 is 0 Å². The highest BCUT2D eigenvalue weighted by molar-refractivity contribution is 5.88. The standard InChI is InChI=1S/C14H9FN2O2/c15-12-5-2-9(3-6-12)1-4-10-7-11(14(18)19)8-17-13(10)16/h2-3,5-8H,(H2,16,17)(H,18,19). The number of benzene rings is 1. The maximum Gasteiger partial charge on any atom is 0.337 e. The van der Waals surface area contributed by atoms with Crippen LogP contribution in [0.15, 0.2) is 36.5 Å². The number of nitrogens with zero attached hydrogens (tertiary/aromatic N) is 1. The molecule has 0 amide bonds. The third-order valence-electron chi connectivity index (χ3n) is 2.35. The number of aromatic nitrogens is 1. The molecule has 19 heavy (non-hydrogen) atoms. The van der Waals surface area contributed by atoms with E-state index in [4.69, 9.17) is 10.8 Å². The lowest BCUT2D eigenvalue weighted by Crippen LogP contribution is -2.01. The molecule has 0 fully saturated rings. The number of carbonyl (C=O) groups is 1. The highest BCUT2D eigenvalue weighted by Gasteiger charge is 2.06. The third kappa shape index (κ3) is 3.07. The molecule has 0 bridgehead atoms. The second-order valence-corrected chi connectivity index (χ2v) is 3.72. The van der Waals surface area contributed by atoms with Crippen LogP contribution in [0.25, 0.3) is 0 Å². The monoisotopic (exact) mass is 256 g/mol. The van der Waals surface area contributed by atoms with Gasteiger partial charge in [0.15, 0.2) is 0 Å². The maximum absolute atomic E-state index is 12.7. The molecule has 5 heteroatoms. The zero-order valence-corrected chi connectivity index (χ0v) is 9.72. The van der Waals surface area contributed by atoms with Crippen LogP contribution in [-0.2, 0) is 0 Å². The second-order valence-electron chi connectivity index (χ2n) is 3.72. The van der Waals surface area contributed by atoms with Gasteiger partial charge in [-0.15, -0.1) is 0 Å². The molecule has 0 saturated carbocycles. The zero-order valence-electron chi connectivity index (χ0n) is 9.72. The first-order valence-electron chi connectivity index (χ1n) is 5.32. The van der Waals surface area contributed by atoms with Crippen molar-refractivity contribution >= 4 is 11.8 Å². The Morgan fingerprint density at radius 1 is 1.26 bits per heavy atom. The number of aromatic carboxylic acids is 1. The summed E-state index contributed by atoms with van der Waals surface area (Å²) in [5, 5.41) is 8.85. The summed E-state index contributed by atoms with van der Waals surface area (Å²) in [6, 6.07) is 6.97. The van der Waals surface area contributed by atoms with E-state index in [-0.39, 0.29) is 17.2 Å². The summed E-state index contributed by atoms with van der Waals surface area (Å²) in [6.45, 7) is 0. The van der Waals surface area contributed by atoms with E-state index in [0.717, 1.165) is 0 Å². The molecule has 0 aliphatic heterocycles. The maximum atomic E-state index is 12.7. The van der Waals surface area contributed by atoms with Gasteiger partial charge < -0.3 is 10.8 Å². The quantitative estimate of drug-likeness (QED) is 0.764. The predicted molar refractivity (Wildman–Crippen MR) is 68.0 cm³/mol. The van der Waals surface area contributed by atoms with Crippen LogP contribution < -0.4 is 5.73 Å². The summed E-state index contributed by atoms with van der Waals surface area (Å²) in [7, 11) is 0. The number of hydrogen-bond donors (Lipinski definition) is 2. The van der Waals surface area contributed by atoms with Gasteiger partial charge in [-0.25, -0.2) is 14.2 Å². The van der Waals surface area contributed by atoms with Gasteiger partial charge in [-0.1, -0.05) is 11.8 Å². The molecule has 0 spiro atoms. The number of anilines is 1. The van der Waals surface area contributed by atoms with E-state index < -0.39 is 5.97 Å². The van der Waals surface area contributed by atoms with Gasteiger partial charge in [-0.05, 0) is 30.3 Å². The lowest BCUT2D eigenvalue weighted by molar-refractivity contribution is 0.0696. The highest BCUT2D eigenvalue weighted by atomic mass is 19.1. The Labute approximate surface area is 108 Å². The van der Waals surface area contributed by atoms with Crippen LogP contribution in [0.2, 0.25) is 0 Å². The minimum Gasteiger partial charge on any atom is -0.478 e. The van der Waals surface area contributed by atoms with E-state index in [1.165, 1.54) is 36.5 Å². The molecule has 0 aliphatic rings. The molecule has 0 saturated heterocycles. The average molecular weight is 256 g/mol. The summed E-state index contributed by atoms with van der Waals surface area (Å²) in [4.78, 5) is 14.6. The number of carboxylic acid groups (broad SMARTS) is 1. The summed E-state index contributed by atoms with van der Waals surface area (Å²) in [5.74, 6) is 4.19. The Hall–Kier alpha value is -2.87. The Balaban J connectivity index is 2.36. The molecular weight excluding hydrogens is 247 g/mol. The van der Waals surface area contributed by atoms with Crippen molar-refractivity contribution in [1.29, 1.82) is 0 Å². The Morgan fingerprint density at radius 3 is 2.58 bits per heavy atom. The van der Waals surface area contributed by atoms with E-state index in [0.29, 0.717) is 11.1 Å². The van der Waals surface area contributed by atoms with Gasteiger partial charge in [0, 0.05) is 11.8 Å². The molecule has 0 atom stereocenters. The molecular formula is C14H9FN2O2. The summed E-state index contributed by atoms with van der Waals surface area (Å²) < 4.78 is 12.7. The van der Waals surface area contributed by atoms with Crippen molar-refractivity contribution in [2.24, 2.45) is 0 Å². The summed E-state index contributed by atoms with van der Waals surface area (Å²) in [6.07, 6.45) is 1.17. The van der Waals surface area contributed by atoms with Crippen LogP contribution in [0.4, 0.5) is 10.2 Å². The largest absolute Gasteiger partial charge is 0.478 e. The van der Waals surface area contributed by atoms with Gasteiger partial charge in [0.25, 0.3) is 0 Å². The van der Waals surface area contributed by atoms with Crippen LogP contribution >= 0.6 is 0 Å². The molecule has 4 nitrogen and oxygen atoms in total. The molecule has 3 N–H and O–H groups in total. The van der Waals surface area contributed by atoms with Gasteiger partial charge in [-0.2, -0.15) is 0 Å². The van der Waals surface area contributed by atoms with Gasteiger partial charge in [-0.3, -0.25) is 0 Å². The predicted octanol–water partition coefficient (Wildman–Crippen LogP) is 1.90. The topological polar surface area (TPSA) is 76.2 Å².